The Morgan fingerprint density at radius 3 is 2.43 bits per heavy atom. The Labute approximate surface area is 139 Å². The van der Waals surface area contributed by atoms with Crippen LogP contribution in [0.4, 0.5) is 5.69 Å². The fourth-order valence-electron chi connectivity index (χ4n) is 1.90. The minimum absolute atomic E-state index is 0.272. The van der Waals surface area contributed by atoms with Crippen molar-refractivity contribution in [3.8, 4) is 5.75 Å². The monoisotopic (exact) mass is 333 g/mol. The van der Waals surface area contributed by atoms with Crippen LogP contribution < -0.4 is 10.1 Å². The summed E-state index contributed by atoms with van der Waals surface area (Å²) in [5.41, 5.74) is 0.632. The van der Waals surface area contributed by atoms with Crippen molar-refractivity contribution < 1.29 is 19.1 Å². The van der Waals surface area contributed by atoms with Gasteiger partial charge >= 0.3 is 5.97 Å². The summed E-state index contributed by atoms with van der Waals surface area (Å²) in [4.78, 5) is 24.0. The van der Waals surface area contributed by atoms with Crippen LogP contribution in [0.1, 0.15) is 17.3 Å². The number of para-hydroxylation sites is 2. The normalized spacial score (nSPS) is 11.4. The molecule has 6 heteroatoms. The first-order chi connectivity index (χ1) is 11.0. The van der Waals surface area contributed by atoms with Crippen molar-refractivity contribution in [2.24, 2.45) is 0 Å². The van der Waals surface area contributed by atoms with Crippen molar-refractivity contribution in [2.75, 3.05) is 12.4 Å². The van der Waals surface area contributed by atoms with Gasteiger partial charge in [-0.05, 0) is 31.2 Å². The molecule has 23 heavy (non-hydrogen) atoms. The minimum atomic E-state index is -0.791. The van der Waals surface area contributed by atoms with Crippen LogP contribution in [0.5, 0.6) is 5.75 Å². The van der Waals surface area contributed by atoms with Gasteiger partial charge in [0.05, 0.1) is 23.4 Å². The summed E-state index contributed by atoms with van der Waals surface area (Å²) in [6.07, 6.45) is -0.791. The van der Waals surface area contributed by atoms with E-state index in [9.17, 15) is 9.59 Å². The van der Waals surface area contributed by atoms with Crippen molar-refractivity contribution in [1.82, 2.24) is 0 Å². The Bertz CT molecular complexity index is 717. The summed E-state index contributed by atoms with van der Waals surface area (Å²) in [5.74, 6) is -0.514. The molecule has 1 amide bonds. The van der Waals surface area contributed by atoms with E-state index in [2.05, 4.69) is 5.32 Å². The Morgan fingerprint density at radius 1 is 1.09 bits per heavy atom. The van der Waals surface area contributed by atoms with E-state index in [0.29, 0.717) is 16.5 Å². The molecule has 2 rings (SSSR count). The maximum absolute atomic E-state index is 12.3. The lowest BCUT2D eigenvalue weighted by molar-refractivity contribution is -0.122. The summed E-state index contributed by atoms with van der Waals surface area (Å²) in [5, 5.41) is 3.08. The Morgan fingerprint density at radius 2 is 1.74 bits per heavy atom. The van der Waals surface area contributed by atoms with Gasteiger partial charge in [0, 0.05) is 0 Å². The number of nitrogens with one attached hydrogen (secondary N) is 1. The molecule has 0 bridgehead atoms. The van der Waals surface area contributed by atoms with E-state index >= 15 is 0 Å². The van der Waals surface area contributed by atoms with Gasteiger partial charge in [-0.25, -0.2) is 4.79 Å². The van der Waals surface area contributed by atoms with Crippen molar-refractivity contribution in [3.63, 3.8) is 0 Å². The van der Waals surface area contributed by atoms with Crippen LogP contribution in [0.15, 0.2) is 48.5 Å². The van der Waals surface area contributed by atoms with Gasteiger partial charge in [0.1, 0.15) is 5.75 Å². The van der Waals surface area contributed by atoms with Gasteiger partial charge in [0.15, 0.2) is 6.10 Å². The highest BCUT2D eigenvalue weighted by molar-refractivity contribution is 6.32. The molecule has 0 aliphatic carbocycles. The lowest BCUT2D eigenvalue weighted by Crippen LogP contribution is -2.30. The van der Waals surface area contributed by atoms with E-state index in [1.54, 1.807) is 55.5 Å². The first kappa shape index (κ1) is 16.8. The molecule has 0 saturated heterocycles. The molecule has 0 spiro atoms. The zero-order valence-corrected chi connectivity index (χ0v) is 13.5. The number of hydrogen-bond acceptors (Lipinski definition) is 4. The van der Waals surface area contributed by atoms with Gasteiger partial charge in [0.25, 0.3) is 5.91 Å². The van der Waals surface area contributed by atoms with E-state index in [1.165, 1.54) is 7.11 Å². The molecule has 0 heterocycles. The van der Waals surface area contributed by atoms with Gasteiger partial charge in [-0.15, -0.1) is 0 Å². The van der Waals surface area contributed by atoms with E-state index in [4.69, 9.17) is 21.1 Å². The van der Waals surface area contributed by atoms with Crippen molar-refractivity contribution in [2.45, 2.75) is 13.0 Å². The molecule has 0 aliphatic heterocycles. The molecule has 2 aromatic carbocycles. The highest BCUT2D eigenvalue weighted by atomic mass is 35.5. The van der Waals surface area contributed by atoms with Crippen LogP contribution >= 0.6 is 11.6 Å². The summed E-state index contributed by atoms with van der Waals surface area (Å²) in [6.45, 7) is 1.60. The van der Waals surface area contributed by atoms with Gasteiger partial charge in [-0.1, -0.05) is 35.9 Å². The molecule has 0 aromatic heterocycles. The van der Waals surface area contributed by atoms with Gasteiger partial charge in [-0.3, -0.25) is 4.79 Å². The van der Waals surface area contributed by atoms with E-state index in [0.717, 1.165) is 0 Å². The predicted octanol–water partition coefficient (Wildman–Crippen LogP) is 3.53. The first-order valence-corrected chi connectivity index (χ1v) is 7.30. The number of esters is 1. The zero-order chi connectivity index (χ0) is 16.8. The molecule has 0 saturated carbocycles. The molecule has 5 nitrogen and oxygen atoms in total. The fraction of sp³-hybridized carbons (Fsp3) is 0.176. The number of anilines is 1. The van der Waals surface area contributed by atoms with Crippen LogP contribution in [0, 0.1) is 0 Å². The second-order valence-electron chi connectivity index (χ2n) is 4.72. The highest BCUT2D eigenvalue weighted by Gasteiger charge is 2.19. The second kappa shape index (κ2) is 7.65. The quantitative estimate of drug-likeness (QED) is 0.850. The maximum atomic E-state index is 12.3. The second-order valence-corrected chi connectivity index (χ2v) is 5.12. The van der Waals surface area contributed by atoms with E-state index in [1.807, 2.05) is 0 Å². The Kier molecular flexibility index (Phi) is 5.60. The van der Waals surface area contributed by atoms with Crippen LogP contribution in [0.2, 0.25) is 5.02 Å². The molecule has 0 unspecified atom stereocenters. The average Bonchev–Trinajstić information content (AvgIpc) is 2.56. The van der Waals surface area contributed by atoms with Gasteiger partial charge in [-0.2, -0.15) is 0 Å². The topological polar surface area (TPSA) is 64.6 Å². The predicted molar refractivity (Wildman–Crippen MR) is 88.0 cm³/mol. The Balaban J connectivity index is 2.10. The number of rotatable bonds is 5. The summed E-state index contributed by atoms with van der Waals surface area (Å²) >= 11 is 6.00. The molecular weight excluding hydrogens is 318 g/mol. The number of ether oxygens (including phenoxy) is 2. The summed E-state index contributed by atoms with van der Waals surface area (Å²) in [6, 6.07) is 13.5. The average molecular weight is 334 g/mol. The highest BCUT2D eigenvalue weighted by Crippen LogP contribution is 2.24. The number of amides is 1. The third-order valence-corrected chi connectivity index (χ3v) is 3.41. The van der Waals surface area contributed by atoms with Crippen molar-refractivity contribution in [3.05, 3.63) is 59.1 Å². The number of methoxy groups -OCH3 is 1. The third kappa shape index (κ3) is 4.23. The molecule has 120 valence electrons. The molecule has 1 N–H and O–H groups in total. The molecule has 0 radical (unpaired) electrons. The molecule has 0 aliphatic rings. The van der Waals surface area contributed by atoms with Gasteiger partial charge in [0.2, 0.25) is 0 Å². The minimum Gasteiger partial charge on any atom is -0.479 e. The summed E-state index contributed by atoms with van der Waals surface area (Å²) in [7, 11) is 1.28. The van der Waals surface area contributed by atoms with E-state index < -0.39 is 18.0 Å². The largest absolute Gasteiger partial charge is 0.479 e. The molecule has 2 aromatic rings. The lowest BCUT2D eigenvalue weighted by Gasteiger charge is -2.16. The molecule has 0 fully saturated rings. The van der Waals surface area contributed by atoms with Gasteiger partial charge < -0.3 is 14.8 Å². The third-order valence-electron chi connectivity index (χ3n) is 3.10. The zero-order valence-electron chi connectivity index (χ0n) is 12.7. The number of benzene rings is 2. The number of halogens is 1. The standard InChI is InChI=1S/C17H16ClNO4/c1-11(23-15-10-6-4-8-13(15)18)16(20)19-14-9-5-3-7-12(14)17(21)22-2/h3-11H,1-2H3,(H,19,20)/t11-/m0/s1. The summed E-state index contributed by atoms with van der Waals surface area (Å²) < 4.78 is 10.2. The van der Waals surface area contributed by atoms with E-state index in [-0.39, 0.29) is 5.56 Å². The Hall–Kier alpha value is -2.53. The number of hydrogen-bond donors (Lipinski definition) is 1. The maximum Gasteiger partial charge on any atom is 0.339 e. The van der Waals surface area contributed by atoms with Crippen LogP contribution in [0.3, 0.4) is 0 Å². The number of carbonyl (C=O) groups excluding carboxylic acids is 2. The molecule has 1 atom stereocenters. The smallest absolute Gasteiger partial charge is 0.339 e. The van der Waals surface area contributed by atoms with Crippen LogP contribution in [0.25, 0.3) is 0 Å². The van der Waals surface area contributed by atoms with Crippen molar-refractivity contribution in [1.29, 1.82) is 0 Å². The van der Waals surface area contributed by atoms with Crippen LogP contribution in [-0.4, -0.2) is 25.1 Å². The first-order valence-electron chi connectivity index (χ1n) is 6.92. The SMILES string of the molecule is COC(=O)c1ccccc1NC(=O)[C@H](C)Oc1ccccc1Cl. The molecular formula is C17H16ClNO4. The van der Waals surface area contributed by atoms with Crippen LogP contribution in [-0.2, 0) is 9.53 Å². The number of carbonyl (C=O) groups is 2. The van der Waals surface area contributed by atoms with Crippen molar-refractivity contribution >= 4 is 29.2 Å². The lowest BCUT2D eigenvalue weighted by atomic mass is 10.1. The fourth-order valence-corrected chi connectivity index (χ4v) is 2.08.